The van der Waals surface area contributed by atoms with Crippen molar-refractivity contribution in [1.29, 1.82) is 0 Å². The van der Waals surface area contributed by atoms with Gasteiger partial charge in [0, 0.05) is 45.6 Å². The lowest BCUT2D eigenvalue weighted by Crippen LogP contribution is -1.99. The molecule has 0 aliphatic carbocycles. The minimum absolute atomic E-state index is 0.478. The van der Waals surface area contributed by atoms with Gasteiger partial charge in [-0.1, -0.05) is 70.8 Å². The smallest absolute Gasteiger partial charge is 0.357 e. The summed E-state index contributed by atoms with van der Waals surface area (Å²) >= 11 is 20.1. The summed E-state index contributed by atoms with van der Waals surface area (Å²) in [6.45, 7) is 7.87. The van der Waals surface area contributed by atoms with Crippen LogP contribution in [-0.4, -0.2) is 0 Å². The molecule has 0 unspecified atom stereocenters. The Labute approximate surface area is 264 Å². The minimum Gasteiger partial charge on any atom is -0.428 e. The largest absolute Gasteiger partial charge is 0.428 e. The molecule has 0 radical (unpaired) electrons. The lowest BCUT2D eigenvalue weighted by atomic mass is 10.2. The molecule has 0 saturated heterocycles. The lowest BCUT2D eigenvalue weighted by molar-refractivity contribution is 0.506. The van der Waals surface area contributed by atoms with Crippen molar-refractivity contribution in [3.05, 3.63) is 119 Å². The van der Waals surface area contributed by atoms with Gasteiger partial charge in [-0.3, -0.25) is 4.57 Å². The Morgan fingerprint density at radius 1 is 0.488 bits per heavy atom. The summed E-state index contributed by atoms with van der Waals surface area (Å²) < 4.78 is 38.9. The van der Waals surface area contributed by atoms with E-state index in [9.17, 15) is 4.57 Å². The van der Waals surface area contributed by atoms with E-state index in [0.717, 1.165) is 44.3 Å². The number of aryl methyl sites for hydroxylation is 4. The van der Waals surface area contributed by atoms with Crippen LogP contribution < -0.4 is 18.1 Å². The highest BCUT2D eigenvalue weighted by molar-refractivity contribution is 9.21. The molecule has 0 N–H and O–H groups in total. The van der Waals surface area contributed by atoms with Gasteiger partial charge in [0.1, 0.15) is 23.0 Å². The summed E-state index contributed by atoms with van der Waals surface area (Å²) in [6, 6.07) is 29.4. The van der Waals surface area contributed by atoms with Crippen molar-refractivity contribution < 1.29 is 22.7 Å². The number of hydrogen-bond acceptors (Lipinski definition) is 9. The first-order valence-corrected chi connectivity index (χ1v) is 24.2. The van der Waals surface area contributed by atoms with Crippen LogP contribution in [0.3, 0.4) is 0 Å². The van der Waals surface area contributed by atoms with Crippen LogP contribution in [0, 0.1) is 27.7 Å². The lowest BCUT2D eigenvalue weighted by Gasteiger charge is -2.27. The Bertz CT molecular complexity index is 1400. The van der Waals surface area contributed by atoms with Crippen molar-refractivity contribution >= 4 is 73.1 Å². The number of hydrogen-bond donors (Lipinski definition) is 0. The van der Waals surface area contributed by atoms with Crippen molar-refractivity contribution in [2.75, 3.05) is 0 Å². The first kappa shape index (κ1) is 32.5. The van der Waals surface area contributed by atoms with Crippen LogP contribution >= 0.6 is 49.5 Å². The van der Waals surface area contributed by atoms with Gasteiger partial charge in [0.25, 0.3) is 4.90 Å². The molecular weight excluding hydrogens is 673 g/mol. The van der Waals surface area contributed by atoms with Crippen LogP contribution in [0.1, 0.15) is 22.3 Å². The third-order valence-corrected chi connectivity index (χ3v) is 29.7. The van der Waals surface area contributed by atoms with Gasteiger partial charge in [-0.25, -0.2) is 0 Å². The molecule has 0 aromatic heterocycles. The number of benzene rings is 4. The van der Waals surface area contributed by atoms with Gasteiger partial charge in [-0.15, -0.1) is 0 Å². The molecule has 4 rings (SSSR count). The van der Waals surface area contributed by atoms with E-state index in [1.54, 1.807) is 48.5 Å². The van der Waals surface area contributed by atoms with Crippen molar-refractivity contribution in [2.24, 2.45) is 0 Å². The molecular formula is C28H28ClO5P3S4. The molecule has 0 heterocycles. The highest BCUT2D eigenvalue weighted by Gasteiger charge is 2.43. The number of halogens is 1. The highest BCUT2D eigenvalue weighted by Crippen LogP contribution is 2.92. The van der Waals surface area contributed by atoms with Gasteiger partial charge in [0.2, 0.25) is 0 Å². The molecule has 4 aromatic rings. The third-order valence-electron chi connectivity index (χ3n) is 5.35. The van der Waals surface area contributed by atoms with Crippen LogP contribution in [0.15, 0.2) is 97.1 Å². The van der Waals surface area contributed by atoms with E-state index in [0.29, 0.717) is 23.0 Å². The van der Waals surface area contributed by atoms with E-state index < -0.39 is 16.3 Å². The fourth-order valence-electron chi connectivity index (χ4n) is 3.27. The molecule has 216 valence electrons. The van der Waals surface area contributed by atoms with Crippen LogP contribution in [0.4, 0.5) is 0 Å². The zero-order valence-corrected chi connectivity index (χ0v) is 29.3. The van der Waals surface area contributed by atoms with Gasteiger partial charge in [0.15, 0.2) is 0 Å². The Hall–Kier alpha value is -1.40. The first-order chi connectivity index (χ1) is 19.3. The second-order valence-electron chi connectivity index (χ2n) is 9.11. The normalized spacial score (nSPS) is 12.0. The van der Waals surface area contributed by atoms with Crippen LogP contribution in [0.2, 0.25) is 0 Å². The fraction of sp³-hybridized carbons (Fsp3) is 0.143. The summed E-state index contributed by atoms with van der Waals surface area (Å²) in [5.74, 6) is 1.91. The van der Waals surface area contributed by atoms with E-state index in [4.69, 9.17) is 52.9 Å². The van der Waals surface area contributed by atoms with E-state index in [-0.39, 0.29) is 0 Å². The molecule has 0 atom stereocenters. The maximum absolute atomic E-state index is 14.1. The SMILES string of the molecule is Cc1ccc(OP(=S)(Oc2ccc(C)cc2)SP(=O)(Cl)SP(=S)(Oc2ccc(C)cc2)Oc2ccc(C)cc2)cc1. The predicted octanol–water partition coefficient (Wildman–Crippen LogP) is 11.8. The molecule has 0 saturated carbocycles. The van der Waals surface area contributed by atoms with E-state index in [1.807, 2.05) is 76.2 Å². The second-order valence-corrected chi connectivity index (χ2v) is 30.3. The van der Waals surface area contributed by atoms with E-state index in [1.165, 1.54) is 0 Å². The third kappa shape index (κ3) is 10.4. The van der Waals surface area contributed by atoms with Crippen molar-refractivity contribution in [3.8, 4) is 23.0 Å². The summed E-state index contributed by atoms with van der Waals surface area (Å²) in [7, 11) is 0. The molecule has 0 amide bonds. The van der Waals surface area contributed by atoms with Crippen LogP contribution in [0.25, 0.3) is 0 Å². The second kappa shape index (κ2) is 13.9. The quantitative estimate of drug-likeness (QED) is 0.134. The molecule has 13 heteroatoms. The van der Waals surface area contributed by atoms with Crippen LogP contribution in [-0.2, 0) is 28.2 Å². The van der Waals surface area contributed by atoms with Crippen molar-refractivity contribution in [1.82, 2.24) is 0 Å². The Morgan fingerprint density at radius 2 is 0.683 bits per heavy atom. The summed E-state index contributed by atoms with van der Waals surface area (Å²) in [6.07, 6.45) is 0. The molecule has 5 nitrogen and oxygen atoms in total. The Balaban J connectivity index is 1.64. The standard InChI is InChI=1S/C28H28ClO5P3S4/c1-21-5-13-25(14-6-21)31-36(38,32-26-15-7-22(2)8-16-26)40-35(29,30)41-37(39,33-27-17-9-23(3)10-18-27)34-28-19-11-24(4)12-20-28/h5-20H,1-4H3. The van der Waals surface area contributed by atoms with Crippen molar-refractivity contribution in [2.45, 2.75) is 27.7 Å². The highest BCUT2D eigenvalue weighted by atomic mass is 35.7. The predicted molar refractivity (Wildman–Crippen MR) is 184 cm³/mol. The maximum atomic E-state index is 14.1. The molecule has 0 bridgehead atoms. The van der Waals surface area contributed by atoms with Gasteiger partial charge < -0.3 is 18.1 Å². The summed E-state index contributed by atoms with van der Waals surface area (Å²) in [5, 5.41) is 0. The molecule has 41 heavy (non-hydrogen) atoms. The number of rotatable bonds is 12. The van der Waals surface area contributed by atoms with Gasteiger partial charge in [0.05, 0.1) is 0 Å². The van der Waals surface area contributed by atoms with E-state index in [2.05, 4.69) is 0 Å². The van der Waals surface area contributed by atoms with E-state index >= 15 is 0 Å². The Morgan fingerprint density at radius 3 is 0.878 bits per heavy atom. The average Bonchev–Trinajstić information content (AvgIpc) is 2.89. The van der Waals surface area contributed by atoms with Crippen molar-refractivity contribution in [3.63, 3.8) is 0 Å². The zero-order valence-electron chi connectivity index (χ0n) is 22.6. The molecule has 0 fully saturated rings. The zero-order chi connectivity index (χ0) is 29.7. The first-order valence-electron chi connectivity index (χ1n) is 12.3. The summed E-state index contributed by atoms with van der Waals surface area (Å²) in [5.41, 5.74) is -2.55. The molecule has 4 aromatic carbocycles. The van der Waals surface area contributed by atoms with Gasteiger partial charge in [-0.05, 0) is 87.5 Å². The molecule has 0 aliphatic rings. The average molecular weight is 701 g/mol. The maximum Gasteiger partial charge on any atom is 0.357 e. The van der Waals surface area contributed by atoms with Gasteiger partial charge >= 0.3 is 11.4 Å². The monoisotopic (exact) mass is 700 g/mol. The summed E-state index contributed by atoms with van der Waals surface area (Å²) in [4.78, 5) is -3.83. The van der Waals surface area contributed by atoms with Gasteiger partial charge in [-0.2, -0.15) is 0 Å². The topological polar surface area (TPSA) is 54.0 Å². The van der Waals surface area contributed by atoms with Crippen LogP contribution in [0.5, 0.6) is 23.0 Å². The molecule has 0 spiro atoms. The minimum atomic E-state index is -3.83. The molecule has 0 aliphatic heterocycles. The fourth-order valence-corrected chi connectivity index (χ4v) is 36.9. The Kier molecular flexibility index (Phi) is 11.0.